The van der Waals surface area contributed by atoms with Crippen molar-refractivity contribution in [3.8, 4) is 0 Å². The van der Waals surface area contributed by atoms with Gasteiger partial charge in [0.25, 0.3) is 5.69 Å². The number of aryl methyl sites for hydroxylation is 1. The number of hydrogen-bond acceptors (Lipinski definition) is 5. The second-order valence-electron chi connectivity index (χ2n) is 4.11. The summed E-state index contributed by atoms with van der Waals surface area (Å²) in [6.45, 7) is 3.86. The van der Waals surface area contributed by atoms with Gasteiger partial charge in [-0.2, -0.15) is 0 Å². The fourth-order valence-corrected chi connectivity index (χ4v) is 2.80. The molecule has 100 valence electrons. The van der Waals surface area contributed by atoms with E-state index in [-0.39, 0.29) is 11.7 Å². The third kappa shape index (κ3) is 3.30. The van der Waals surface area contributed by atoms with Crippen LogP contribution in [0.25, 0.3) is 0 Å². The highest BCUT2D eigenvalue weighted by molar-refractivity contribution is 9.10. The third-order valence-electron chi connectivity index (χ3n) is 2.54. The molecule has 1 heterocycles. The molecule has 0 bridgehead atoms. The standard InChI is InChI=1S/C12H12BrN3O2S/c1-7-6-19-12(14-7)8(2)15-10-4-3-9(13)5-11(10)16(17)18/h3-6,8,15H,1-2H3. The molecule has 7 heteroatoms. The van der Waals surface area contributed by atoms with E-state index in [9.17, 15) is 10.1 Å². The summed E-state index contributed by atoms with van der Waals surface area (Å²) in [4.78, 5) is 15.0. The van der Waals surface area contributed by atoms with Gasteiger partial charge in [0.1, 0.15) is 10.7 Å². The Balaban J connectivity index is 2.26. The summed E-state index contributed by atoms with van der Waals surface area (Å²) in [5.74, 6) is 0. The third-order valence-corrected chi connectivity index (χ3v) is 4.17. The Morgan fingerprint density at radius 3 is 2.84 bits per heavy atom. The Morgan fingerprint density at radius 1 is 1.53 bits per heavy atom. The number of halogens is 1. The summed E-state index contributed by atoms with van der Waals surface area (Å²) in [5, 5.41) is 17.0. The lowest BCUT2D eigenvalue weighted by Crippen LogP contribution is -2.08. The number of rotatable bonds is 4. The molecule has 0 saturated heterocycles. The number of nitrogens with one attached hydrogen (secondary N) is 1. The molecule has 0 saturated carbocycles. The minimum atomic E-state index is -0.396. The smallest absolute Gasteiger partial charge is 0.293 e. The fraction of sp³-hybridized carbons (Fsp3) is 0.250. The first-order valence-electron chi connectivity index (χ1n) is 5.60. The normalized spacial score (nSPS) is 12.2. The second kappa shape index (κ2) is 5.66. The van der Waals surface area contributed by atoms with Crippen LogP contribution in [0.15, 0.2) is 28.1 Å². The monoisotopic (exact) mass is 341 g/mol. The maximum atomic E-state index is 11.0. The van der Waals surface area contributed by atoms with E-state index in [2.05, 4.69) is 26.2 Å². The van der Waals surface area contributed by atoms with Gasteiger partial charge in [-0.3, -0.25) is 10.1 Å². The Bertz CT molecular complexity index is 615. The SMILES string of the molecule is Cc1csc(C(C)Nc2ccc(Br)cc2[N+](=O)[O-])n1. The predicted octanol–water partition coefficient (Wildman–Crippen LogP) is 4.30. The van der Waals surface area contributed by atoms with Crippen molar-refractivity contribution in [2.75, 3.05) is 5.32 Å². The molecule has 2 rings (SSSR count). The van der Waals surface area contributed by atoms with Crippen LogP contribution in [-0.2, 0) is 0 Å². The molecule has 0 aliphatic heterocycles. The quantitative estimate of drug-likeness (QED) is 0.665. The molecule has 1 aromatic heterocycles. The van der Waals surface area contributed by atoms with Crippen molar-refractivity contribution in [1.29, 1.82) is 0 Å². The van der Waals surface area contributed by atoms with E-state index in [1.54, 1.807) is 23.5 Å². The average Bonchev–Trinajstić information content (AvgIpc) is 2.78. The molecule has 0 aliphatic rings. The molecule has 2 aromatic rings. The number of thiazole rings is 1. The van der Waals surface area contributed by atoms with Crippen LogP contribution in [0, 0.1) is 17.0 Å². The lowest BCUT2D eigenvalue weighted by molar-refractivity contribution is -0.384. The van der Waals surface area contributed by atoms with E-state index in [0.29, 0.717) is 10.2 Å². The maximum Gasteiger partial charge on any atom is 0.293 e. The van der Waals surface area contributed by atoms with Crippen molar-refractivity contribution < 1.29 is 4.92 Å². The van der Waals surface area contributed by atoms with Crippen molar-refractivity contribution >= 4 is 38.6 Å². The van der Waals surface area contributed by atoms with Gasteiger partial charge in [0, 0.05) is 21.6 Å². The molecular formula is C12H12BrN3O2S. The van der Waals surface area contributed by atoms with Crippen molar-refractivity contribution in [2.45, 2.75) is 19.9 Å². The van der Waals surface area contributed by atoms with Crippen LogP contribution in [0.3, 0.4) is 0 Å². The van der Waals surface area contributed by atoms with E-state index >= 15 is 0 Å². The minimum Gasteiger partial charge on any atom is -0.371 e. The number of nitro benzene ring substituents is 1. The summed E-state index contributed by atoms with van der Waals surface area (Å²) in [6, 6.07) is 4.88. The lowest BCUT2D eigenvalue weighted by Gasteiger charge is -2.13. The van der Waals surface area contributed by atoms with Gasteiger partial charge in [-0.25, -0.2) is 4.98 Å². The average molecular weight is 342 g/mol. The summed E-state index contributed by atoms with van der Waals surface area (Å²) in [6.07, 6.45) is 0. The zero-order valence-corrected chi connectivity index (χ0v) is 12.8. The Morgan fingerprint density at radius 2 is 2.26 bits per heavy atom. The van der Waals surface area contributed by atoms with Gasteiger partial charge in [-0.05, 0) is 26.0 Å². The molecular weight excluding hydrogens is 330 g/mol. The molecule has 0 fully saturated rings. The molecule has 1 aromatic carbocycles. The predicted molar refractivity (Wildman–Crippen MR) is 79.7 cm³/mol. The highest BCUT2D eigenvalue weighted by Crippen LogP contribution is 2.31. The van der Waals surface area contributed by atoms with Gasteiger partial charge in [-0.15, -0.1) is 11.3 Å². The van der Waals surface area contributed by atoms with Crippen LogP contribution in [0.4, 0.5) is 11.4 Å². The second-order valence-corrected chi connectivity index (χ2v) is 5.92. The van der Waals surface area contributed by atoms with Crippen molar-refractivity contribution in [2.24, 2.45) is 0 Å². The number of hydrogen-bond donors (Lipinski definition) is 1. The summed E-state index contributed by atoms with van der Waals surface area (Å²) in [7, 11) is 0. The fourth-order valence-electron chi connectivity index (χ4n) is 1.64. The maximum absolute atomic E-state index is 11.0. The summed E-state index contributed by atoms with van der Waals surface area (Å²) >= 11 is 4.78. The molecule has 0 spiro atoms. The first-order valence-corrected chi connectivity index (χ1v) is 7.27. The molecule has 5 nitrogen and oxygen atoms in total. The van der Waals surface area contributed by atoms with E-state index in [4.69, 9.17) is 0 Å². The minimum absolute atomic E-state index is 0.0505. The topological polar surface area (TPSA) is 68.1 Å². The largest absolute Gasteiger partial charge is 0.371 e. The zero-order valence-electron chi connectivity index (χ0n) is 10.4. The van der Waals surface area contributed by atoms with Crippen molar-refractivity contribution in [3.05, 3.63) is 48.9 Å². The Labute approximate surface area is 123 Å². The number of benzene rings is 1. The number of aromatic nitrogens is 1. The summed E-state index contributed by atoms with van der Waals surface area (Å²) < 4.78 is 0.683. The molecule has 19 heavy (non-hydrogen) atoms. The van der Waals surface area contributed by atoms with Gasteiger partial charge in [0.2, 0.25) is 0 Å². The van der Waals surface area contributed by atoms with Crippen LogP contribution in [0.1, 0.15) is 23.7 Å². The van der Waals surface area contributed by atoms with Gasteiger partial charge in [-0.1, -0.05) is 15.9 Å². The van der Waals surface area contributed by atoms with Gasteiger partial charge < -0.3 is 5.32 Å². The number of nitro groups is 1. The first kappa shape index (κ1) is 14.0. The molecule has 0 radical (unpaired) electrons. The molecule has 1 N–H and O–H groups in total. The van der Waals surface area contributed by atoms with E-state index in [1.165, 1.54) is 6.07 Å². The summed E-state index contributed by atoms with van der Waals surface area (Å²) in [5.41, 5.74) is 1.50. The van der Waals surface area contributed by atoms with Crippen LogP contribution in [0.2, 0.25) is 0 Å². The molecule has 1 unspecified atom stereocenters. The van der Waals surface area contributed by atoms with E-state index in [1.807, 2.05) is 19.2 Å². The van der Waals surface area contributed by atoms with Gasteiger partial charge >= 0.3 is 0 Å². The molecule has 0 amide bonds. The van der Waals surface area contributed by atoms with E-state index in [0.717, 1.165) is 10.7 Å². The van der Waals surface area contributed by atoms with Gasteiger partial charge in [0.15, 0.2) is 0 Å². The highest BCUT2D eigenvalue weighted by Gasteiger charge is 2.17. The molecule has 1 atom stereocenters. The van der Waals surface area contributed by atoms with Gasteiger partial charge in [0.05, 0.1) is 11.0 Å². The Hall–Kier alpha value is -1.47. The van der Waals surface area contributed by atoms with Crippen LogP contribution < -0.4 is 5.32 Å². The van der Waals surface area contributed by atoms with E-state index < -0.39 is 4.92 Å². The van der Waals surface area contributed by atoms with Crippen LogP contribution in [-0.4, -0.2) is 9.91 Å². The highest BCUT2D eigenvalue weighted by atomic mass is 79.9. The number of anilines is 1. The van der Waals surface area contributed by atoms with Crippen LogP contribution >= 0.6 is 27.3 Å². The Kier molecular flexibility index (Phi) is 4.16. The van der Waals surface area contributed by atoms with Crippen molar-refractivity contribution in [3.63, 3.8) is 0 Å². The zero-order chi connectivity index (χ0) is 14.0. The number of nitrogens with zero attached hydrogens (tertiary/aromatic N) is 2. The molecule has 0 aliphatic carbocycles. The first-order chi connectivity index (χ1) is 8.97. The van der Waals surface area contributed by atoms with Crippen LogP contribution in [0.5, 0.6) is 0 Å². The lowest BCUT2D eigenvalue weighted by atomic mass is 10.2. The van der Waals surface area contributed by atoms with Crippen molar-refractivity contribution in [1.82, 2.24) is 4.98 Å².